The third-order valence-electron chi connectivity index (χ3n) is 3.87. The normalized spacial score (nSPS) is 18.2. The number of amides is 1. The highest BCUT2D eigenvalue weighted by Gasteiger charge is 2.36. The molecule has 1 aromatic carbocycles. The maximum atomic E-state index is 13.8. The lowest BCUT2D eigenvalue weighted by molar-refractivity contribution is -0.130. The average Bonchev–Trinajstić information content (AvgIpc) is 3.10. The van der Waals surface area contributed by atoms with Crippen molar-refractivity contribution in [1.29, 1.82) is 0 Å². The van der Waals surface area contributed by atoms with Crippen LogP contribution < -0.4 is 0 Å². The van der Waals surface area contributed by atoms with Crippen molar-refractivity contribution < 1.29 is 13.7 Å². The van der Waals surface area contributed by atoms with Gasteiger partial charge in [0, 0.05) is 24.9 Å². The van der Waals surface area contributed by atoms with E-state index in [0.29, 0.717) is 30.1 Å². The summed E-state index contributed by atoms with van der Waals surface area (Å²) in [5.74, 6) is 0.787. The molecule has 0 radical (unpaired) electrons. The molecule has 1 amide bonds. The number of nitrogens with zero attached hydrogens (tertiary/aromatic N) is 3. The summed E-state index contributed by atoms with van der Waals surface area (Å²) < 4.78 is 19.1. The summed E-state index contributed by atoms with van der Waals surface area (Å²) in [5, 5.41) is 3.94. The third kappa shape index (κ3) is 2.86. The molecule has 1 unspecified atom stereocenters. The minimum Gasteiger partial charge on any atom is -0.337 e. The molecule has 5 nitrogen and oxygen atoms in total. The van der Waals surface area contributed by atoms with Crippen LogP contribution >= 0.6 is 0 Å². The predicted molar refractivity (Wildman–Crippen MR) is 77.2 cm³/mol. The Morgan fingerprint density at radius 3 is 3.00 bits per heavy atom. The Kier molecular flexibility index (Phi) is 4.18. The molecule has 1 fully saturated rings. The van der Waals surface area contributed by atoms with Gasteiger partial charge in [0.25, 0.3) is 0 Å². The number of carbonyl (C=O) groups is 1. The highest BCUT2D eigenvalue weighted by Crippen LogP contribution is 2.33. The second-order valence-corrected chi connectivity index (χ2v) is 5.47. The SMILES string of the molecule is CCCc1noc(C2CCC(=O)N2Cc2ccccc2F)n1. The number of benzene rings is 1. The van der Waals surface area contributed by atoms with Crippen molar-refractivity contribution in [2.75, 3.05) is 0 Å². The molecule has 0 bridgehead atoms. The first-order valence-electron chi connectivity index (χ1n) is 7.54. The van der Waals surface area contributed by atoms with E-state index in [4.69, 9.17) is 4.52 Å². The van der Waals surface area contributed by atoms with E-state index in [-0.39, 0.29) is 24.3 Å². The Morgan fingerprint density at radius 1 is 1.41 bits per heavy atom. The van der Waals surface area contributed by atoms with Crippen molar-refractivity contribution in [3.63, 3.8) is 0 Å². The summed E-state index contributed by atoms with van der Waals surface area (Å²) in [7, 11) is 0. The van der Waals surface area contributed by atoms with Crippen LogP contribution in [0.2, 0.25) is 0 Å². The molecule has 1 aliphatic rings. The molecule has 0 N–H and O–H groups in total. The van der Waals surface area contributed by atoms with Gasteiger partial charge in [-0.1, -0.05) is 30.3 Å². The fourth-order valence-corrected chi connectivity index (χ4v) is 2.73. The molecule has 0 saturated carbocycles. The monoisotopic (exact) mass is 303 g/mol. The van der Waals surface area contributed by atoms with Crippen LogP contribution in [0.15, 0.2) is 28.8 Å². The van der Waals surface area contributed by atoms with E-state index in [1.165, 1.54) is 6.07 Å². The van der Waals surface area contributed by atoms with Gasteiger partial charge in [0.15, 0.2) is 5.82 Å². The molecule has 22 heavy (non-hydrogen) atoms. The van der Waals surface area contributed by atoms with Gasteiger partial charge in [-0.15, -0.1) is 0 Å². The number of aryl methyl sites for hydroxylation is 1. The lowest BCUT2D eigenvalue weighted by atomic mass is 10.1. The number of hydrogen-bond acceptors (Lipinski definition) is 4. The highest BCUT2D eigenvalue weighted by molar-refractivity contribution is 5.78. The van der Waals surface area contributed by atoms with Gasteiger partial charge in [0.05, 0.1) is 0 Å². The van der Waals surface area contributed by atoms with Crippen molar-refractivity contribution in [3.05, 3.63) is 47.4 Å². The molecule has 1 atom stereocenters. The minimum atomic E-state index is -0.307. The first kappa shape index (κ1) is 14.7. The quantitative estimate of drug-likeness (QED) is 0.852. The average molecular weight is 303 g/mol. The number of hydrogen-bond donors (Lipinski definition) is 0. The van der Waals surface area contributed by atoms with Crippen molar-refractivity contribution in [3.8, 4) is 0 Å². The van der Waals surface area contributed by atoms with Crippen molar-refractivity contribution in [1.82, 2.24) is 15.0 Å². The van der Waals surface area contributed by atoms with E-state index < -0.39 is 0 Å². The largest absolute Gasteiger partial charge is 0.337 e. The Labute approximate surface area is 128 Å². The van der Waals surface area contributed by atoms with Crippen LogP contribution in [0.4, 0.5) is 4.39 Å². The summed E-state index contributed by atoms with van der Waals surface area (Å²) in [4.78, 5) is 18.1. The van der Waals surface area contributed by atoms with Crippen LogP contribution in [0.1, 0.15) is 49.5 Å². The number of carbonyl (C=O) groups excluding carboxylic acids is 1. The summed E-state index contributed by atoms with van der Waals surface area (Å²) in [6.07, 6.45) is 2.73. The maximum Gasteiger partial charge on any atom is 0.249 e. The molecule has 1 saturated heterocycles. The van der Waals surface area contributed by atoms with Crippen LogP contribution in [0, 0.1) is 5.82 Å². The Morgan fingerprint density at radius 2 is 2.23 bits per heavy atom. The number of likely N-dealkylation sites (tertiary alicyclic amines) is 1. The van der Waals surface area contributed by atoms with E-state index in [0.717, 1.165) is 12.8 Å². The second kappa shape index (κ2) is 6.25. The molecule has 1 aromatic heterocycles. The van der Waals surface area contributed by atoms with E-state index in [1.807, 2.05) is 6.92 Å². The summed E-state index contributed by atoms with van der Waals surface area (Å²) in [5.41, 5.74) is 0.496. The van der Waals surface area contributed by atoms with E-state index in [9.17, 15) is 9.18 Å². The van der Waals surface area contributed by atoms with Crippen molar-refractivity contribution >= 4 is 5.91 Å². The van der Waals surface area contributed by atoms with Crippen LogP contribution in [-0.2, 0) is 17.8 Å². The fourth-order valence-electron chi connectivity index (χ4n) is 2.73. The van der Waals surface area contributed by atoms with Crippen LogP contribution in [0.3, 0.4) is 0 Å². The summed E-state index contributed by atoms with van der Waals surface area (Å²) in [6, 6.07) is 6.23. The van der Waals surface area contributed by atoms with E-state index >= 15 is 0 Å². The number of rotatable bonds is 5. The third-order valence-corrected chi connectivity index (χ3v) is 3.87. The Balaban J connectivity index is 1.81. The van der Waals surface area contributed by atoms with Gasteiger partial charge in [-0.3, -0.25) is 4.79 Å². The molecular formula is C16H18FN3O2. The van der Waals surface area contributed by atoms with E-state index in [1.54, 1.807) is 23.1 Å². The standard InChI is InChI=1S/C16H18FN3O2/c1-2-5-14-18-16(22-19-14)13-8-9-15(21)20(13)10-11-6-3-4-7-12(11)17/h3-4,6-7,13H,2,5,8-10H2,1H3. The van der Waals surface area contributed by atoms with Crippen molar-refractivity contribution in [2.24, 2.45) is 0 Å². The molecular weight excluding hydrogens is 285 g/mol. The Hall–Kier alpha value is -2.24. The van der Waals surface area contributed by atoms with Gasteiger partial charge >= 0.3 is 0 Å². The molecule has 2 heterocycles. The van der Waals surface area contributed by atoms with Crippen LogP contribution in [0.25, 0.3) is 0 Å². The summed E-state index contributed by atoms with van der Waals surface area (Å²) >= 11 is 0. The van der Waals surface area contributed by atoms with Gasteiger partial charge in [0.1, 0.15) is 11.9 Å². The smallest absolute Gasteiger partial charge is 0.249 e. The highest BCUT2D eigenvalue weighted by atomic mass is 19.1. The minimum absolute atomic E-state index is 0.0107. The number of aromatic nitrogens is 2. The van der Waals surface area contributed by atoms with Gasteiger partial charge in [-0.05, 0) is 18.9 Å². The molecule has 2 aromatic rings. The van der Waals surface area contributed by atoms with Gasteiger partial charge in [-0.25, -0.2) is 4.39 Å². The van der Waals surface area contributed by atoms with Crippen molar-refractivity contribution in [2.45, 2.75) is 45.2 Å². The van der Waals surface area contributed by atoms with Crippen LogP contribution in [0.5, 0.6) is 0 Å². The van der Waals surface area contributed by atoms with Gasteiger partial charge < -0.3 is 9.42 Å². The van der Waals surface area contributed by atoms with Crippen LogP contribution in [-0.4, -0.2) is 20.9 Å². The predicted octanol–water partition coefficient (Wildman–Crippen LogP) is 3.02. The molecule has 3 rings (SSSR count). The van der Waals surface area contributed by atoms with Gasteiger partial charge in [-0.2, -0.15) is 4.98 Å². The first-order chi connectivity index (χ1) is 10.7. The molecule has 0 aliphatic carbocycles. The summed E-state index contributed by atoms with van der Waals surface area (Å²) in [6.45, 7) is 2.27. The number of halogens is 1. The topological polar surface area (TPSA) is 59.2 Å². The lowest BCUT2D eigenvalue weighted by Crippen LogP contribution is -2.27. The first-order valence-corrected chi connectivity index (χ1v) is 7.54. The zero-order valence-electron chi connectivity index (χ0n) is 12.5. The molecule has 0 spiro atoms. The zero-order valence-corrected chi connectivity index (χ0v) is 12.5. The fraction of sp³-hybridized carbons (Fsp3) is 0.438. The molecule has 116 valence electrons. The second-order valence-electron chi connectivity index (χ2n) is 5.47. The molecule has 1 aliphatic heterocycles. The van der Waals surface area contributed by atoms with E-state index in [2.05, 4.69) is 10.1 Å². The lowest BCUT2D eigenvalue weighted by Gasteiger charge is -2.22. The Bertz CT molecular complexity index is 671. The maximum absolute atomic E-state index is 13.8. The van der Waals surface area contributed by atoms with Gasteiger partial charge in [0.2, 0.25) is 11.8 Å². The molecule has 6 heteroatoms. The zero-order chi connectivity index (χ0) is 15.5.